The van der Waals surface area contributed by atoms with Crippen molar-refractivity contribution < 1.29 is 146 Å². The molecule has 0 aliphatic carbocycles. The number of hydrogen-bond donors (Lipinski definition) is 11. The number of methoxy groups -OCH3 is 2. The zero-order valence-electron chi connectivity index (χ0n) is 45.8. The lowest BCUT2D eigenvalue weighted by atomic mass is 9.95. The van der Waals surface area contributed by atoms with Crippen LogP contribution in [-0.4, -0.2) is 249 Å². The second-order valence-corrected chi connectivity index (χ2v) is 19.6. The molecule has 0 aromatic heterocycles. The van der Waals surface area contributed by atoms with E-state index < -0.39 is 179 Å². The van der Waals surface area contributed by atoms with Gasteiger partial charge < -0.3 is 122 Å². The maximum Gasteiger partial charge on any atom is 0.338 e. The van der Waals surface area contributed by atoms with Gasteiger partial charge in [0.25, 0.3) is 0 Å². The van der Waals surface area contributed by atoms with Crippen LogP contribution in [-0.2, 0) is 76.0 Å². The SMILES string of the molecule is COc1cc(/C=C/C(=O)OC[C@]2(O[C@@H]3O[C@H](COC(C)=O)[C@@H](OC(=O)/C=C/c4ccc(O)c(OC)c4)[C@H](O[C@H]4O[C@@H](COC(C)=O)[C@H](O[C@H]5O[C@@H](CO)[C@H](O)[C@@H](O)[C@@H]5O)[C@@H](O)[C@@H]4O)[C@H]3O)O[C@H](CO)[C@@H](O)[C@@H]2OC(=O)c2ccccc2)ccc1O. The molecule has 30 heteroatoms. The predicted octanol–water partition coefficient (Wildman–Crippen LogP) is -2.78. The number of aliphatic hydroxyl groups is 9. The van der Waals surface area contributed by atoms with Crippen LogP contribution in [0.2, 0.25) is 0 Å². The van der Waals surface area contributed by atoms with Crippen molar-refractivity contribution in [3.63, 3.8) is 0 Å². The first-order valence-corrected chi connectivity index (χ1v) is 26.1. The Morgan fingerprint density at radius 3 is 1.61 bits per heavy atom. The summed E-state index contributed by atoms with van der Waals surface area (Å²) in [6, 6.07) is 15.3. The van der Waals surface area contributed by atoms with Crippen molar-refractivity contribution in [2.24, 2.45) is 0 Å². The van der Waals surface area contributed by atoms with E-state index in [1.807, 2.05) is 0 Å². The molecule has 19 atom stereocenters. The summed E-state index contributed by atoms with van der Waals surface area (Å²) in [5.74, 6) is -8.63. The molecule has 0 spiro atoms. The van der Waals surface area contributed by atoms with Crippen molar-refractivity contribution in [3.8, 4) is 23.0 Å². The molecule has 4 aliphatic heterocycles. The fourth-order valence-electron chi connectivity index (χ4n) is 9.30. The zero-order chi connectivity index (χ0) is 61.9. The van der Waals surface area contributed by atoms with Gasteiger partial charge >= 0.3 is 29.8 Å². The summed E-state index contributed by atoms with van der Waals surface area (Å²) in [6.45, 7) is -2.86. The Morgan fingerprint density at radius 1 is 0.541 bits per heavy atom. The number of benzene rings is 3. The van der Waals surface area contributed by atoms with Crippen molar-refractivity contribution in [2.45, 2.75) is 130 Å². The molecule has 7 rings (SSSR count). The summed E-state index contributed by atoms with van der Waals surface area (Å²) in [6.07, 6.45) is -32.5. The first kappa shape index (κ1) is 65.6. The van der Waals surface area contributed by atoms with Crippen LogP contribution in [0.5, 0.6) is 23.0 Å². The van der Waals surface area contributed by atoms with Gasteiger partial charge in [0.05, 0.1) is 33.0 Å². The molecule has 3 aromatic rings. The lowest BCUT2D eigenvalue weighted by molar-refractivity contribution is -0.403. The minimum absolute atomic E-state index is 0.0154. The maximum absolute atomic E-state index is 13.9. The van der Waals surface area contributed by atoms with Gasteiger partial charge in [-0.1, -0.05) is 30.3 Å². The predicted molar refractivity (Wildman–Crippen MR) is 278 cm³/mol. The van der Waals surface area contributed by atoms with E-state index >= 15 is 0 Å². The van der Waals surface area contributed by atoms with Crippen molar-refractivity contribution in [1.29, 1.82) is 0 Å². The Labute approximate surface area is 483 Å². The van der Waals surface area contributed by atoms with Gasteiger partial charge in [-0.05, 0) is 59.7 Å². The molecule has 4 saturated heterocycles. The molecule has 0 bridgehead atoms. The summed E-state index contributed by atoms with van der Waals surface area (Å²) in [5, 5.41) is 120. The molecule has 0 amide bonds. The van der Waals surface area contributed by atoms with Crippen LogP contribution in [0.4, 0.5) is 0 Å². The highest BCUT2D eigenvalue weighted by atomic mass is 16.8. The molecule has 85 heavy (non-hydrogen) atoms. The molecule has 4 aliphatic rings. The average Bonchev–Trinajstić information content (AvgIpc) is 2.01. The van der Waals surface area contributed by atoms with Gasteiger partial charge in [-0.15, -0.1) is 0 Å². The van der Waals surface area contributed by atoms with Crippen LogP contribution in [0.3, 0.4) is 0 Å². The van der Waals surface area contributed by atoms with Crippen LogP contribution >= 0.6 is 0 Å². The highest BCUT2D eigenvalue weighted by Crippen LogP contribution is 2.41. The quantitative estimate of drug-likeness (QED) is 0.0260. The number of carbonyl (C=O) groups excluding carboxylic acids is 5. The number of aromatic hydroxyl groups is 2. The molecule has 3 aromatic carbocycles. The Bertz CT molecular complexity index is 2810. The highest BCUT2D eigenvalue weighted by molar-refractivity contribution is 5.90. The molecular formula is C55H66O30. The van der Waals surface area contributed by atoms with E-state index in [1.165, 1.54) is 87.0 Å². The third kappa shape index (κ3) is 15.9. The normalized spacial score (nSPS) is 33.0. The lowest BCUT2D eigenvalue weighted by Crippen LogP contribution is -2.68. The van der Waals surface area contributed by atoms with Gasteiger partial charge in [0, 0.05) is 26.0 Å². The van der Waals surface area contributed by atoms with Gasteiger partial charge in [0.15, 0.2) is 54.1 Å². The maximum atomic E-state index is 13.9. The molecule has 4 fully saturated rings. The zero-order valence-corrected chi connectivity index (χ0v) is 45.8. The first-order valence-electron chi connectivity index (χ1n) is 26.1. The van der Waals surface area contributed by atoms with Crippen LogP contribution in [0.25, 0.3) is 12.2 Å². The van der Waals surface area contributed by atoms with Crippen molar-refractivity contribution in [2.75, 3.05) is 47.3 Å². The van der Waals surface area contributed by atoms with Gasteiger partial charge in [0.2, 0.25) is 5.79 Å². The number of carbonyl (C=O) groups is 5. The third-order valence-electron chi connectivity index (χ3n) is 13.7. The summed E-state index contributed by atoms with van der Waals surface area (Å²) in [4.78, 5) is 66.0. The summed E-state index contributed by atoms with van der Waals surface area (Å²) in [7, 11) is 2.57. The number of phenolic OH excluding ortho intramolecular Hbond substituents is 2. The number of hydrogen-bond acceptors (Lipinski definition) is 30. The van der Waals surface area contributed by atoms with E-state index in [1.54, 1.807) is 6.07 Å². The Hall–Kier alpha value is -6.95. The second kappa shape index (κ2) is 29.4. The van der Waals surface area contributed by atoms with E-state index in [-0.39, 0.29) is 34.1 Å². The van der Waals surface area contributed by atoms with Crippen LogP contribution < -0.4 is 9.47 Å². The monoisotopic (exact) mass is 1210 g/mol. The van der Waals surface area contributed by atoms with Gasteiger partial charge in [-0.2, -0.15) is 0 Å². The summed E-state index contributed by atoms with van der Waals surface area (Å²) in [5.41, 5.74) is 0.512. The Kier molecular flexibility index (Phi) is 22.7. The fourth-order valence-corrected chi connectivity index (χ4v) is 9.30. The standard InChI is InChI=1S/C55H66O30/c1-25(58)74-22-36-47(81-52-44(68)42(66)40(64)34(20-56)77-52)43(67)45(69)53(78-36)82-49-46(70)54(79-37(23-75-26(2)59)48(49)80-39(63)17-13-28-11-15-31(61)33(19-28)73-4)85-55(24-76-38(62)16-12-27-10-14-30(60)32(18-27)72-3)50(41(65)35(21-57)84-55)83-51(71)29-8-6-5-7-9-29/h5-19,34-37,40-50,52-54,56-57,60-61,64-70H,20-24H2,1-4H3/b16-12+,17-13+/t34-,35+,36-,37+,40-,41+,42+,43-,44-,45-,46+,47-,48+,49+,50-,52+,53+,54-,55+/m0/s1. The molecule has 11 N–H and O–H groups in total. The number of esters is 5. The smallest absolute Gasteiger partial charge is 0.338 e. The minimum Gasteiger partial charge on any atom is -0.504 e. The van der Waals surface area contributed by atoms with Crippen molar-refractivity contribution in [1.82, 2.24) is 0 Å². The molecule has 0 saturated carbocycles. The minimum atomic E-state index is -2.84. The van der Waals surface area contributed by atoms with Gasteiger partial charge in [-0.25, -0.2) is 14.4 Å². The molecule has 0 radical (unpaired) electrons. The van der Waals surface area contributed by atoms with Crippen molar-refractivity contribution in [3.05, 3.63) is 95.6 Å². The molecular weight excluding hydrogens is 1140 g/mol. The lowest BCUT2D eigenvalue weighted by Gasteiger charge is -2.49. The van der Waals surface area contributed by atoms with E-state index in [9.17, 15) is 80.1 Å². The number of rotatable bonds is 23. The van der Waals surface area contributed by atoms with Gasteiger partial charge in [-0.3, -0.25) is 9.59 Å². The van der Waals surface area contributed by atoms with Crippen LogP contribution in [0.1, 0.15) is 35.3 Å². The molecule has 466 valence electrons. The summed E-state index contributed by atoms with van der Waals surface area (Å²) >= 11 is 0. The topological polar surface area (TPSA) is 437 Å². The first-order chi connectivity index (χ1) is 40.5. The molecule has 0 unspecified atom stereocenters. The largest absolute Gasteiger partial charge is 0.504 e. The van der Waals surface area contributed by atoms with E-state index in [0.29, 0.717) is 5.56 Å². The molecule has 4 heterocycles. The second-order valence-electron chi connectivity index (χ2n) is 19.6. The van der Waals surface area contributed by atoms with E-state index in [2.05, 4.69) is 0 Å². The average molecular weight is 1210 g/mol. The van der Waals surface area contributed by atoms with Crippen molar-refractivity contribution >= 4 is 42.0 Å². The van der Waals surface area contributed by atoms with E-state index in [0.717, 1.165) is 26.0 Å². The summed E-state index contributed by atoms with van der Waals surface area (Å²) < 4.78 is 80.1. The van der Waals surface area contributed by atoms with Gasteiger partial charge in [0.1, 0.15) is 99.2 Å². The Balaban J connectivity index is 1.28. The van der Waals surface area contributed by atoms with Crippen LogP contribution in [0, 0.1) is 0 Å². The number of ether oxygens (including phenoxy) is 14. The number of aliphatic hydroxyl groups excluding tert-OH is 9. The third-order valence-corrected chi connectivity index (χ3v) is 13.7. The van der Waals surface area contributed by atoms with Crippen LogP contribution in [0.15, 0.2) is 78.9 Å². The highest BCUT2D eigenvalue weighted by Gasteiger charge is 2.63. The molecule has 30 nitrogen and oxygen atoms in total. The number of phenols is 2. The fraction of sp³-hybridized carbons (Fsp3) is 0.509. The Morgan fingerprint density at radius 2 is 1.06 bits per heavy atom. The van der Waals surface area contributed by atoms with E-state index in [4.69, 9.17) is 66.3 Å².